The lowest BCUT2D eigenvalue weighted by Gasteiger charge is -2.30. The number of amides is 2. The predicted molar refractivity (Wildman–Crippen MR) is 91.1 cm³/mol. The average molecular weight is 334 g/mol. The number of rotatable bonds is 4. The van der Waals surface area contributed by atoms with Crippen molar-refractivity contribution in [1.82, 2.24) is 10.2 Å². The summed E-state index contributed by atoms with van der Waals surface area (Å²) in [6.45, 7) is 6.64. The number of hydrogen-bond acceptors (Lipinski definition) is 4. The molecule has 0 atom stereocenters. The summed E-state index contributed by atoms with van der Waals surface area (Å²) in [6, 6.07) is 3.89. The van der Waals surface area contributed by atoms with Crippen LogP contribution in [0.5, 0.6) is 11.5 Å². The summed E-state index contributed by atoms with van der Waals surface area (Å²) < 4.78 is 10.6. The summed E-state index contributed by atoms with van der Waals surface area (Å²) in [7, 11) is 3.21. The number of carbonyl (C=O) groups is 2. The van der Waals surface area contributed by atoms with Crippen LogP contribution in [-0.4, -0.2) is 44.0 Å². The SMILES string of the molecule is COc1cc2c(cc1OC)CN(C(=O)CNC(=O)C(C)(C)C)CC2. The maximum absolute atomic E-state index is 12.4. The topological polar surface area (TPSA) is 67.9 Å². The molecule has 132 valence electrons. The van der Waals surface area contributed by atoms with Crippen LogP contribution in [0.1, 0.15) is 31.9 Å². The molecular weight excluding hydrogens is 308 g/mol. The second-order valence-corrected chi connectivity index (χ2v) is 6.97. The van der Waals surface area contributed by atoms with E-state index in [4.69, 9.17) is 9.47 Å². The number of carbonyl (C=O) groups excluding carboxylic acids is 2. The largest absolute Gasteiger partial charge is 0.493 e. The Balaban J connectivity index is 2.04. The zero-order valence-electron chi connectivity index (χ0n) is 15.1. The Morgan fingerprint density at radius 2 is 1.71 bits per heavy atom. The van der Waals surface area contributed by atoms with E-state index in [0.717, 1.165) is 17.5 Å². The van der Waals surface area contributed by atoms with Gasteiger partial charge in [-0.25, -0.2) is 0 Å². The van der Waals surface area contributed by atoms with Gasteiger partial charge in [-0.3, -0.25) is 9.59 Å². The molecule has 1 N–H and O–H groups in total. The van der Waals surface area contributed by atoms with Crippen LogP contribution in [0.3, 0.4) is 0 Å². The van der Waals surface area contributed by atoms with Gasteiger partial charge in [-0.05, 0) is 29.7 Å². The van der Waals surface area contributed by atoms with Gasteiger partial charge in [-0.2, -0.15) is 0 Å². The highest BCUT2D eigenvalue weighted by Crippen LogP contribution is 2.33. The van der Waals surface area contributed by atoms with Crippen LogP contribution in [0.4, 0.5) is 0 Å². The molecular formula is C18H26N2O4. The van der Waals surface area contributed by atoms with E-state index in [1.165, 1.54) is 0 Å². The third-order valence-corrected chi connectivity index (χ3v) is 4.15. The molecule has 24 heavy (non-hydrogen) atoms. The minimum Gasteiger partial charge on any atom is -0.493 e. The Labute approximate surface area is 143 Å². The van der Waals surface area contributed by atoms with Crippen LogP contribution < -0.4 is 14.8 Å². The summed E-state index contributed by atoms with van der Waals surface area (Å²) in [5.41, 5.74) is 1.71. The molecule has 1 aliphatic heterocycles. The van der Waals surface area contributed by atoms with Crippen LogP contribution in [-0.2, 0) is 22.6 Å². The molecule has 0 spiro atoms. The number of fused-ring (bicyclic) bond motifs is 1. The quantitative estimate of drug-likeness (QED) is 0.911. The van der Waals surface area contributed by atoms with Crippen molar-refractivity contribution in [3.8, 4) is 11.5 Å². The van der Waals surface area contributed by atoms with Crippen molar-refractivity contribution >= 4 is 11.8 Å². The van der Waals surface area contributed by atoms with E-state index in [1.54, 1.807) is 19.1 Å². The van der Waals surface area contributed by atoms with Crippen molar-refractivity contribution < 1.29 is 19.1 Å². The summed E-state index contributed by atoms with van der Waals surface area (Å²) in [4.78, 5) is 26.0. The molecule has 0 aromatic heterocycles. The smallest absolute Gasteiger partial charge is 0.242 e. The van der Waals surface area contributed by atoms with Crippen molar-refractivity contribution in [2.45, 2.75) is 33.7 Å². The van der Waals surface area contributed by atoms with E-state index in [-0.39, 0.29) is 18.4 Å². The van der Waals surface area contributed by atoms with Gasteiger partial charge in [0.05, 0.1) is 20.8 Å². The molecule has 6 nitrogen and oxygen atoms in total. The third-order valence-electron chi connectivity index (χ3n) is 4.15. The number of benzene rings is 1. The molecule has 2 amide bonds. The Bertz CT molecular complexity index is 635. The van der Waals surface area contributed by atoms with E-state index >= 15 is 0 Å². The van der Waals surface area contributed by atoms with Gasteiger partial charge in [0.2, 0.25) is 11.8 Å². The third kappa shape index (κ3) is 3.99. The number of ether oxygens (including phenoxy) is 2. The molecule has 1 aliphatic rings. The van der Waals surface area contributed by atoms with Gasteiger partial charge in [0, 0.05) is 18.5 Å². The van der Waals surface area contributed by atoms with Gasteiger partial charge >= 0.3 is 0 Å². The van der Waals surface area contributed by atoms with Gasteiger partial charge < -0.3 is 19.7 Å². The lowest BCUT2D eigenvalue weighted by molar-refractivity contribution is -0.135. The Morgan fingerprint density at radius 3 is 2.25 bits per heavy atom. The van der Waals surface area contributed by atoms with Crippen LogP contribution in [0.15, 0.2) is 12.1 Å². The first-order valence-electron chi connectivity index (χ1n) is 8.06. The highest BCUT2D eigenvalue weighted by Gasteiger charge is 2.25. The molecule has 0 saturated heterocycles. The number of methoxy groups -OCH3 is 2. The van der Waals surface area contributed by atoms with E-state index in [9.17, 15) is 9.59 Å². The van der Waals surface area contributed by atoms with Gasteiger partial charge in [-0.15, -0.1) is 0 Å². The highest BCUT2D eigenvalue weighted by atomic mass is 16.5. The molecule has 0 aliphatic carbocycles. The number of hydrogen-bond donors (Lipinski definition) is 1. The van der Waals surface area contributed by atoms with Crippen molar-refractivity contribution in [1.29, 1.82) is 0 Å². The molecule has 0 saturated carbocycles. The fourth-order valence-corrected chi connectivity index (χ4v) is 2.63. The summed E-state index contributed by atoms with van der Waals surface area (Å²) in [5.74, 6) is 1.16. The van der Waals surface area contributed by atoms with Crippen molar-refractivity contribution in [2.24, 2.45) is 5.41 Å². The van der Waals surface area contributed by atoms with Gasteiger partial charge in [0.1, 0.15) is 0 Å². The van der Waals surface area contributed by atoms with E-state index in [0.29, 0.717) is 24.6 Å². The van der Waals surface area contributed by atoms with Crippen LogP contribution in [0.2, 0.25) is 0 Å². The van der Waals surface area contributed by atoms with Gasteiger partial charge in [-0.1, -0.05) is 20.8 Å². The maximum Gasteiger partial charge on any atom is 0.242 e. The molecule has 2 rings (SSSR count). The Kier molecular flexibility index (Phi) is 5.36. The van der Waals surface area contributed by atoms with Crippen LogP contribution >= 0.6 is 0 Å². The van der Waals surface area contributed by atoms with E-state index in [1.807, 2.05) is 32.9 Å². The summed E-state index contributed by atoms with van der Waals surface area (Å²) in [6.07, 6.45) is 0.759. The second-order valence-electron chi connectivity index (χ2n) is 6.97. The zero-order chi connectivity index (χ0) is 17.9. The Hall–Kier alpha value is -2.24. The number of nitrogens with one attached hydrogen (secondary N) is 1. The maximum atomic E-state index is 12.4. The van der Waals surface area contributed by atoms with Crippen LogP contribution in [0.25, 0.3) is 0 Å². The molecule has 6 heteroatoms. The first-order valence-corrected chi connectivity index (χ1v) is 8.06. The zero-order valence-corrected chi connectivity index (χ0v) is 15.1. The van der Waals surface area contributed by atoms with Gasteiger partial charge in [0.15, 0.2) is 11.5 Å². The standard InChI is InChI=1S/C18H26N2O4/c1-18(2,3)17(22)19-10-16(21)20-7-6-12-8-14(23-4)15(24-5)9-13(12)11-20/h8-9H,6-7,10-11H2,1-5H3,(H,19,22). The van der Waals surface area contributed by atoms with Gasteiger partial charge in [0.25, 0.3) is 0 Å². The first-order chi connectivity index (χ1) is 11.3. The number of nitrogens with zero attached hydrogens (tertiary/aromatic N) is 1. The first kappa shape index (κ1) is 18.1. The fraction of sp³-hybridized carbons (Fsp3) is 0.556. The van der Waals surface area contributed by atoms with E-state index in [2.05, 4.69) is 5.32 Å². The predicted octanol–water partition coefficient (Wildman–Crippen LogP) is 1.75. The van der Waals surface area contributed by atoms with Crippen molar-refractivity contribution in [3.63, 3.8) is 0 Å². The lowest BCUT2D eigenvalue weighted by atomic mass is 9.96. The summed E-state index contributed by atoms with van der Waals surface area (Å²) in [5, 5.41) is 2.71. The van der Waals surface area contributed by atoms with Crippen LogP contribution in [0, 0.1) is 5.41 Å². The lowest BCUT2D eigenvalue weighted by Crippen LogP contribution is -2.45. The average Bonchev–Trinajstić information content (AvgIpc) is 2.56. The minimum atomic E-state index is -0.501. The van der Waals surface area contributed by atoms with Crippen molar-refractivity contribution in [2.75, 3.05) is 27.3 Å². The van der Waals surface area contributed by atoms with Crippen molar-refractivity contribution in [3.05, 3.63) is 23.3 Å². The highest BCUT2D eigenvalue weighted by molar-refractivity contribution is 5.87. The molecule has 0 unspecified atom stereocenters. The summed E-state index contributed by atoms with van der Waals surface area (Å²) >= 11 is 0. The molecule has 1 aromatic rings. The fourth-order valence-electron chi connectivity index (χ4n) is 2.63. The minimum absolute atomic E-state index is 0.0265. The normalized spacial score (nSPS) is 14.0. The molecule has 1 heterocycles. The monoisotopic (exact) mass is 334 g/mol. The molecule has 0 fully saturated rings. The molecule has 1 aromatic carbocycles. The second kappa shape index (κ2) is 7.11. The molecule has 0 bridgehead atoms. The van der Waals surface area contributed by atoms with E-state index < -0.39 is 5.41 Å². The molecule has 0 radical (unpaired) electrons. The Morgan fingerprint density at radius 1 is 1.12 bits per heavy atom.